The molecule has 1 rings (SSSR count). The van der Waals surface area contributed by atoms with Crippen LogP contribution in [0, 0.1) is 23.2 Å². The van der Waals surface area contributed by atoms with Gasteiger partial charge < -0.3 is 5.11 Å². The van der Waals surface area contributed by atoms with Crippen molar-refractivity contribution in [1.82, 2.24) is 0 Å². The minimum absolute atomic E-state index is 0.0834. The Balaban J connectivity index is 2.43. The Morgan fingerprint density at radius 2 is 1.94 bits per heavy atom. The van der Waals surface area contributed by atoms with Crippen LogP contribution >= 0.6 is 0 Å². The zero-order chi connectivity index (χ0) is 13.1. The average Bonchev–Trinajstić information content (AvgIpc) is 2.14. The molecule has 0 aromatic rings. The summed E-state index contributed by atoms with van der Waals surface area (Å²) in [6.07, 6.45) is 7.22. The fourth-order valence-electron chi connectivity index (χ4n) is 3.75. The summed E-state index contributed by atoms with van der Waals surface area (Å²) in [5, 5.41) is 10.0. The molecule has 0 saturated heterocycles. The van der Waals surface area contributed by atoms with E-state index < -0.39 is 0 Å². The van der Waals surface area contributed by atoms with Gasteiger partial charge >= 0.3 is 0 Å². The van der Waals surface area contributed by atoms with Crippen molar-refractivity contribution < 1.29 is 5.11 Å². The molecule has 1 aliphatic rings. The molecule has 0 radical (unpaired) electrons. The summed E-state index contributed by atoms with van der Waals surface area (Å²) >= 11 is 0. The van der Waals surface area contributed by atoms with Crippen molar-refractivity contribution in [2.45, 2.75) is 79.2 Å². The highest BCUT2D eigenvalue weighted by Crippen LogP contribution is 2.46. The summed E-state index contributed by atoms with van der Waals surface area (Å²) in [5.74, 6) is 2.25. The number of aliphatic hydroxyl groups excluding tert-OH is 1. The fraction of sp³-hybridized carbons (Fsp3) is 1.00. The van der Waals surface area contributed by atoms with Gasteiger partial charge in [-0.3, -0.25) is 0 Å². The van der Waals surface area contributed by atoms with Crippen LogP contribution in [0.1, 0.15) is 73.1 Å². The average molecular weight is 240 g/mol. The maximum atomic E-state index is 10.0. The Kier molecular flexibility index (Phi) is 5.50. The molecule has 0 aromatic carbocycles. The first-order valence-electron chi connectivity index (χ1n) is 7.51. The van der Waals surface area contributed by atoms with E-state index in [1.165, 1.54) is 25.7 Å². The molecule has 1 fully saturated rings. The van der Waals surface area contributed by atoms with Crippen LogP contribution in [0.5, 0.6) is 0 Å². The number of hydrogen-bond acceptors (Lipinski definition) is 1. The molecule has 3 atom stereocenters. The second-order valence-corrected chi connectivity index (χ2v) is 7.33. The van der Waals surface area contributed by atoms with E-state index in [1.54, 1.807) is 0 Å². The number of aliphatic hydroxyl groups is 1. The predicted molar refractivity (Wildman–Crippen MR) is 75.0 cm³/mol. The van der Waals surface area contributed by atoms with E-state index in [0.717, 1.165) is 24.7 Å². The zero-order valence-corrected chi connectivity index (χ0v) is 12.5. The number of rotatable bonds is 5. The van der Waals surface area contributed by atoms with Gasteiger partial charge in [-0.05, 0) is 48.9 Å². The van der Waals surface area contributed by atoms with Gasteiger partial charge in [0.15, 0.2) is 0 Å². The van der Waals surface area contributed by atoms with Crippen LogP contribution in [0.25, 0.3) is 0 Å². The van der Waals surface area contributed by atoms with Crippen LogP contribution in [0.2, 0.25) is 0 Å². The predicted octanol–water partition coefficient (Wildman–Crippen LogP) is 4.64. The lowest BCUT2D eigenvalue weighted by atomic mass is 9.62. The van der Waals surface area contributed by atoms with Gasteiger partial charge in [0.25, 0.3) is 0 Å². The van der Waals surface area contributed by atoms with Crippen LogP contribution in [-0.4, -0.2) is 11.2 Å². The summed E-state index contributed by atoms with van der Waals surface area (Å²) < 4.78 is 0. The highest BCUT2D eigenvalue weighted by molar-refractivity contribution is 4.86. The second kappa shape index (κ2) is 6.22. The maximum Gasteiger partial charge on any atom is 0.0542 e. The van der Waals surface area contributed by atoms with Crippen molar-refractivity contribution in [3.8, 4) is 0 Å². The van der Waals surface area contributed by atoms with E-state index in [4.69, 9.17) is 0 Å². The van der Waals surface area contributed by atoms with E-state index in [-0.39, 0.29) is 6.10 Å². The van der Waals surface area contributed by atoms with Crippen molar-refractivity contribution in [3.63, 3.8) is 0 Å². The molecule has 17 heavy (non-hydrogen) atoms. The summed E-state index contributed by atoms with van der Waals surface area (Å²) in [4.78, 5) is 0. The molecule has 1 heteroatoms. The maximum absolute atomic E-state index is 10.0. The first kappa shape index (κ1) is 15.0. The molecule has 0 bridgehead atoms. The topological polar surface area (TPSA) is 20.2 Å². The second-order valence-electron chi connectivity index (χ2n) is 7.33. The summed E-state index contributed by atoms with van der Waals surface area (Å²) in [6.45, 7) is 11.6. The third kappa shape index (κ3) is 4.62. The Bertz CT molecular complexity index is 220. The van der Waals surface area contributed by atoms with Crippen LogP contribution in [0.4, 0.5) is 0 Å². The highest BCUT2D eigenvalue weighted by atomic mass is 16.3. The smallest absolute Gasteiger partial charge is 0.0542 e. The van der Waals surface area contributed by atoms with Crippen molar-refractivity contribution in [2.24, 2.45) is 23.2 Å². The quantitative estimate of drug-likeness (QED) is 0.742. The molecule has 3 unspecified atom stereocenters. The van der Waals surface area contributed by atoms with Crippen molar-refractivity contribution in [2.75, 3.05) is 0 Å². The molecule has 1 saturated carbocycles. The van der Waals surface area contributed by atoms with E-state index in [1.807, 2.05) is 0 Å². The molecule has 1 N–H and O–H groups in total. The summed E-state index contributed by atoms with van der Waals surface area (Å²) in [7, 11) is 0. The van der Waals surface area contributed by atoms with Gasteiger partial charge in [-0.15, -0.1) is 0 Å². The molecule has 0 aliphatic heterocycles. The first-order valence-corrected chi connectivity index (χ1v) is 7.51. The molecule has 0 spiro atoms. The van der Waals surface area contributed by atoms with Gasteiger partial charge in [0.1, 0.15) is 0 Å². The van der Waals surface area contributed by atoms with Crippen LogP contribution in [0.3, 0.4) is 0 Å². The Labute approximate surface area is 108 Å². The van der Waals surface area contributed by atoms with Gasteiger partial charge in [-0.2, -0.15) is 0 Å². The van der Waals surface area contributed by atoms with Crippen LogP contribution in [-0.2, 0) is 0 Å². The van der Waals surface area contributed by atoms with Crippen molar-refractivity contribution in [3.05, 3.63) is 0 Å². The molecule has 0 heterocycles. The van der Waals surface area contributed by atoms with Crippen LogP contribution < -0.4 is 0 Å². The summed E-state index contributed by atoms with van der Waals surface area (Å²) in [6, 6.07) is 0. The molecule has 1 nitrogen and oxygen atoms in total. The van der Waals surface area contributed by atoms with Crippen molar-refractivity contribution >= 4 is 0 Å². The largest absolute Gasteiger partial charge is 0.393 e. The normalized spacial score (nSPS) is 30.5. The van der Waals surface area contributed by atoms with E-state index in [2.05, 4.69) is 34.6 Å². The third-order valence-electron chi connectivity index (χ3n) is 4.73. The Hall–Kier alpha value is -0.0400. The third-order valence-corrected chi connectivity index (χ3v) is 4.73. The lowest BCUT2D eigenvalue weighted by molar-refractivity contribution is 0.0536. The Morgan fingerprint density at radius 1 is 1.29 bits per heavy atom. The SMILES string of the molecule is CC(C)CC(O)CCC1C(C)CCCC1(C)C. The van der Waals surface area contributed by atoms with Gasteiger partial charge in [0.05, 0.1) is 6.10 Å². The zero-order valence-electron chi connectivity index (χ0n) is 12.5. The molecular formula is C16H32O. The van der Waals surface area contributed by atoms with Crippen molar-refractivity contribution in [1.29, 1.82) is 0 Å². The van der Waals surface area contributed by atoms with E-state index >= 15 is 0 Å². The van der Waals surface area contributed by atoms with Crippen LogP contribution in [0.15, 0.2) is 0 Å². The monoisotopic (exact) mass is 240 g/mol. The van der Waals surface area contributed by atoms with E-state index in [9.17, 15) is 5.11 Å². The number of hydrogen-bond donors (Lipinski definition) is 1. The summed E-state index contributed by atoms with van der Waals surface area (Å²) in [5.41, 5.74) is 0.481. The minimum Gasteiger partial charge on any atom is -0.393 e. The lowest BCUT2D eigenvalue weighted by Gasteiger charge is -2.43. The Morgan fingerprint density at radius 3 is 2.47 bits per heavy atom. The van der Waals surface area contributed by atoms with Gasteiger partial charge in [0.2, 0.25) is 0 Å². The first-order chi connectivity index (χ1) is 7.83. The molecule has 1 aliphatic carbocycles. The van der Waals surface area contributed by atoms with Gasteiger partial charge in [0, 0.05) is 0 Å². The van der Waals surface area contributed by atoms with E-state index in [0.29, 0.717) is 11.3 Å². The molecule has 0 aromatic heterocycles. The van der Waals surface area contributed by atoms with Gasteiger partial charge in [-0.25, -0.2) is 0 Å². The molecule has 0 amide bonds. The molecule has 102 valence electrons. The van der Waals surface area contributed by atoms with Gasteiger partial charge in [-0.1, -0.05) is 47.5 Å². The molecular weight excluding hydrogens is 208 g/mol. The fourth-order valence-corrected chi connectivity index (χ4v) is 3.75. The minimum atomic E-state index is -0.0834. The highest BCUT2D eigenvalue weighted by Gasteiger charge is 2.36. The lowest BCUT2D eigenvalue weighted by Crippen LogP contribution is -2.34. The standard InChI is InChI=1S/C16H32O/c1-12(2)11-14(17)8-9-15-13(3)7-6-10-16(15,4)5/h12-15,17H,6-11H2,1-5H3.